The summed E-state index contributed by atoms with van der Waals surface area (Å²) in [5.74, 6) is 0.104. The molecule has 98 valence electrons. The van der Waals surface area contributed by atoms with E-state index in [0.29, 0.717) is 0 Å². The number of carbonyl (C=O) groups is 1. The number of amides is 1. The van der Waals surface area contributed by atoms with E-state index < -0.39 is 0 Å². The Labute approximate surface area is 109 Å². The lowest BCUT2D eigenvalue weighted by Crippen LogP contribution is -2.42. The van der Waals surface area contributed by atoms with Gasteiger partial charge in [0.25, 0.3) is 0 Å². The van der Waals surface area contributed by atoms with Crippen LogP contribution in [-0.4, -0.2) is 18.5 Å². The third-order valence-electron chi connectivity index (χ3n) is 3.79. The number of rotatable bonds is 4. The molecule has 1 aromatic rings. The third kappa shape index (κ3) is 2.84. The smallest absolute Gasteiger partial charge is 0.242 e. The second-order valence-corrected chi connectivity index (χ2v) is 5.79. The van der Waals surface area contributed by atoms with E-state index >= 15 is 0 Å². The maximum atomic E-state index is 12.1. The van der Waals surface area contributed by atoms with E-state index in [9.17, 15) is 4.79 Å². The number of anilines is 1. The summed E-state index contributed by atoms with van der Waals surface area (Å²) in [4.78, 5) is 12.1. The molecule has 1 aliphatic heterocycles. The van der Waals surface area contributed by atoms with Crippen LogP contribution >= 0.6 is 0 Å². The Hall–Kier alpha value is -1.51. The molecule has 0 bridgehead atoms. The van der Waals surface area contributed by atoms with Crippen molar-refractivity contribution >= 4 is 11.6 Å². The van der Waals surface area contributed by atoms with Gasteiger partial charge in [-0.2, -0.15) is 0 Å². The number of benzene rings is 1. The maximum Gasteiger partial charge on any atom is 0.242 e. The van der Waals surface area contributed by atoms with Gasteiger partial charge in [0, 0.05) is 18.7 Å². The minimum atomic E-state index is -0.116. The summed E-state index contributed by atoms with van der Waals surface area (Å²) < 4.78 is 0. The van der Waals surface area contributed by atoms with Gasteiger partial charge in [-0.15, -0.1) is 0 Å². The minimum absolute atomic E-state index is 0.104. The fourth-order valence-corrected chi connectivity index (χ4v) is 2.03. The van der Waals surface area contributed by atoms with Gasteiger partial charge in [-0.3, -0.25) is 4.79 Å². The van der Waals surface area contributed by atoms with E-state index in [1.54, 1.807) is 0 Å². The number of hydrogen-bond acceptors (Lipinski definition) is 2. The van der Waals surface area contributed by atoms with Gasteiger partial charge in [0.1, 0.15) is 6.04 Å². The van der Waals surface area contributed by atoms with Crippen LogP contribution in [0.3, 0.4) is 0 Å². The number of nitrogens with one attached hydrogen (secondary N) is 2. The largest absolute Gasteiger partial charge is 0.373 e. The monoisotopic (exact) mass is 246 g/mol. The number of carbonyl (C=O) groups excluding carboxylic acids is 1. The summed E-state index contributed by atoms with van der Waals surface area (Å²) in [6.45, 7) is 7.22. The summed E-state index contributed by atoms with van der Waals surface area (Å²) >= 11 is 0. The molecular weight excluding hydrogens is 224 g/mol. The lowest BCUT2D eigenvalue weighted by Gasteiger charge is -2.24. The second kappa shape index (κ2) is 5.01. The molecule has 1 aliphatic rings. The van der Waals surface area contributed by atoms with Crippen LogP contribution in [0, 0.1) is 5.41 Å². The van der Waals surface area contributed by atoms with Crippen LogP contribution in [-0.2, 0) is 11.2 Å². The normalized spacial score (nSPS) is 18.1. The third-order valence-corrected chi connectivity index (χ3v) is 3.79. The minimum Gasteiger partial charge on any atom is -0.373 e. The highest BCUT2D eigenvalue weighted by Crippen LogP contribution is 2.25. The Morgan fingerprint density at radius 2 is 2.17 bits per heavy atom. The first-order valence-electron chi connectivity index (χ1n) is 6.64. The van der Waals surface area contributed by atoms with Crippen molar-refractivity contribution in [2.24, 2.45) is 5.41 Å². The second-order valence-electron chi connectivity index (χ2n) is 5.79. The predicted octanol–water partition coefficient (Wildman–Crippen LogP) is 2.58. The molecule has 2 rings (SSSR count). The predicted molar refractivity (Wildman–Crippen MR) is 74.6 cm³/mol. The van der Waals surface area contributed by atoms with Gasteiger partial charge in [0.05, 0.1) is 0 Å². The van der Waals surface area contributed by atoms with Crippen molar-refractivity contribution in [2.45, 2.75) is 39.7 Å². The molecule has 0 fully saturated rings. The first kappa shape index (κ1) is 12.9. The van der Waals surface area contributed by atoms with E-state index in [1.165, 1.54) is 5.56 Å². The summed E-state index contributed by atoms with van der Waals surface area (Å²) in [5.41, 5.74) is 2.49. The highest BCUT2D eigenvalue weighted by Gasteiger charge is 2.27. The zero-order chi connectivity index (χ0) is 13.2. The van der Waals surface area contributed by atoms with Gasteiger partial charge >= 0.3 is 0 Å². The Bertz CT molecular complexity index is 415. The van der Waals surface area contributed by atoms with E-state index in [2.05, 4.69) is 37.5 Å². The first-order valence-corrected chi connectivity index (χ1v) is 6.64. The molecule has 18 heavy (non-hydrogen) atoms. The summed E-state index contributed by atoms with van der Waals surface area (Å²) in [6, 6.07) is 7.99. The Balaban J connectivity index is 1.90. The molecular formula is C15H22N2O. The van der Waals surface area contributed by atoms with Crippen molar-refractivity contribution in [1.82, 2.24) is 5.32 Å². The van der Waals surface area contributed by atoms with Gasteiger partial charge in [0.15, 0.2) is 0 Å². The molecule has 0 radical (unpaired) electrons. The van der Waals surface area contributed by atoms with Crippen LogP contribution in [0.5, 0.6) is 0 Å². The lowest BCUT2D eigenvalue weighted by atomic mass is 9.90. The van der Waals surface area contributed by atoms with Gasteiger partial charge in [-0.1, -0.05) is 39.0 Å². The SMILES string of the molecule is CCC(C)(C)CNC(=O)[C@@H]1Cc2ccccc2N1. The Morgan fingerprint density at radius 1 is 1.44 bits per heavy atom. The zero-order valence-electron chi connectivity index (χ0n) is 11.4. The first-order chi connectivity index (χ1) is 8.52. The van der Waals surface area contributed by atoms with E-state index in [4.69, 9.17) is 0 Å². The van der Waals surface area contributed by atoms with Crippen LogP contribution in [0.2, 0.25) is 0 Å². The summed E-state index contributed by atoms with van der Waals surface area (Å²) in [7, 11) is 0. The number of hydrogen-bond donors (Lipinski definition) is 2. The highest BCUT2D eigenvalue weighted by molar-refractivity contribution is 5.87. The van der Waals surface area contributed by atoms with Gasteiger partial charge in [0.2, 0.25) is 5.91 Å². The molecule has 0 spiro atoms. The quantitative estimate of drug-likeness (QED) is 0.857. The van der Waals surface area contributed by atoms with Crippen LogP contribution in [0.4, 0.5) is 5.69 Å². The molecule has 0 aliphatic carbocycles. The molecule has 0 aromatic heterocycles. The molecule has 1 atom stereocenters. The molecule has 3 nitrogen and oxygen atoms in total. The summed E-state index contributed by atoms with van der Waals surface area (Å²) in [5, 5.41) is 6.33. The van der Waals surface area contributed by atoms with Crippen molar-refractivity contribution in [2.75, 3.05) is 11.9 Å². The van der Waals surface area contributed by atoms with Crippen molar-refractivity contribution in [3.63, 3.8) is 0 Å². The van der Waals surface area contributed by atoms with Crippen LogP contribution in [0.25, 0.3) is 0 Å². The number of para-hydroxylation sites is 1. The highest BCUT2D eigenvalue weighted by atomic mass is 16.2. The summed E-state index contributed by atoms with van der Waals surface area (Å²) in [6.07, 6.45) is 1.85. The maximum absolute atomic E-state index is 12.1. The van der Waals surface area contributed by atoms with Crippen molar-refractivity contribution in [3.8, 4) is 0 Å². The molecule has 0 saturated heterocycles. The topological polar surface area (TPSA) is 41.1 Å². The van der Waals surface area contributed by atoms with Crippen molar-refractivity contribution in [1.29, 1.82) is 0 Å². The fraction of sp³-hybridized carbons (Fsp3) is 0.533. The molecule has 0 saturated carbocycles. The van der Waals surface area contributed by atoms with Gasteiger partial charge < -0.3 is 10.6 Å². The Kier molecular flexibility index (Phi) is 3.60. The average Bonchev–Trinajstić information content (AvgIpc) is 2.80. The molecule has 3 heteroatoms. The molecule has 1 aromatic carbocycles. The molecule has 1 heterocycles. The molecule has 1 amide bonds. The van der Waals surface area contributed by atoms with E-state index in [0.717, 1.165) is 25.1 Å². The fourth-order valence-electron chi connectivity index (χ4n) is 2.03. The zero-order valence-corrected chi connectivity index (χ0v) is 11.4. The van der Waals surface area contributed by atoms with Crippen LogP contribution in [0.1, 0.15) is 32.8 Å². The molecule has 0 unspecified atom stereocenters. The van der Waals surface area contributed by atoms with Gasteiger partial charge in [-0.25, -0.2) is 0 Å². The average molecular weight is 246 g/mol. The van der Waals surface area contributed by atoms with Crippen LogP contribution < -0.4 is 10.6 Å². The van der Waals surface area contributed by atoms with Crippen molar-refractivity contribution in [3.05, 3.63) is 29.8 Å². The standard InChI is InChI=1S/C15H22N2O/c1-4-15(2,3)10-16-14(18)13-9-11-7-5-6-8-12(11)17-13/h5-8,13,17H,4,9-10H2,1-3H3,(H,16,18)/t13-/m0/s1. The molecule has 2 N–H and O–H groups in total. The van der Waals surface area contributed by atoms with Crippen LogP contribution in [0.15, 0.2) is 24.3 Å². The Morgan fingerprint density at radius 3 is 2.83 bits per heavy atom. The lowest BCUT2D eigenvalue weighted by molar-refractivity contribution is -0.122. The van der Waals surface area contributed by atoms with Crippen molar-refractivity contribution < 1.29 is 4.79 Å². The number of fused-ring (bicyclic) bond motifs is 1. The van der Waals surface area contributed by atoms with E-state index in [-0.39, 0.29) is 17.4 Å². The van der Waals surface area contributed by atoms with Gasteiger partial charge in [-0.05, 0) is 23.5 Å². The van der Waals surface area contributed by atoms with E-state index in [1.807, 2.05) is 18.2 Å².